The van der Waals surface area contributed by atoms with Gasteiger partial charge >= 0.3 is 0 Å². The molecule has 0 unspecified atom stereocenters. The summed E-state index contributed by atoms with van der Waals surface area (Å²) in [5.74, 6) is 0.335. The smallest absolute Gasteiger partial charge is 0.166 e. The van der Waals surface area contributed by atoms with Crippen LogP contribution in [0.4, 0.5) is 0 Å². The lowest BCUT2D eigenvalue weighted by molar-refractivity contribution is 0.0834. The maximum atomic E-state index is 12.7. The molecule has 0 spiro atoms. The first kappa shape index (κ1) is 18.9. The van der Waals surface area contributed by atoms with Gasteiger partial charge in [-0.15, -0.1) is 0 Å². The summed E-state index contributed by atoms with van der Waals surface area (Å²) in [5, 5.41) is 0.664. The Morgan fingerprint density at radius 2 is 1.68 bits per heavy atom. The molecule has 0 N–H and O–H groups in total. The maximum Gasteiger partial charge on any atom is 0.166 e. The lowest BCUT2D eigenvalue weighted by atomic mass is 9.89. The van der Waals surface area contributed by atoms with E-state index in [1.165, 1.54) is 11.1 Å². The van der Waals surface area contributed by atoms with Crippen LogP contribution in [-0.2, 0) is 6.54 Å². The number of halogens is 1. The standard InChI is InChI=1S/C24H23ClN2O/c25-22-8-6-19(7-9-22)24(28)20-11-14-27(15-12-20)17-23-16-21(10-13-26-23)18-4-2-1-3-5-18/h1-10,13,16,20H,11-12,14-15,17H2. The summed E-state index contributed by atoms with van der Waals surface area (Å²) in [6.07, 6.45) is 3.66. The highest BCUT2D eigenvalue weighted by Gasteiger charge is 2.26. The summed E-state index contributed by atoms with van der Waals surface area (Å²) >= 11 is 5.92. The number of nitrogens with zero attached hydrogens (tertiary/aromatic N) is 2. The molecule has 0 radical (unpaired) electrons. The fourth-order valence-corrected chi connectivity index (χ4v) is 3.93. The number of Topliss-reactive ketones (excluding diaryl/α,β-unsaturated/α-hetero) is 1. The number of benzene rings is 2. The Hall–Kier alpha value is -2.49. The number of likely N-dealkylation sites (tertiary alicyclic amines) is 1. The molecule has 2 heterocycles. The van der Waals surface area contributed by atoms with E-state index >= 15 is 0 Å². The molecule has 1 fully saturated rings. The van der Waals surface area contributed by atoms with E-state index in [1.54, 1.807) is 12.1 Å². The average molecular weight is 391 g/mol. The number of hydrogen-bond donors (Lipinski definition) is 0. The molecule has 0 atom stereocenters. The second kappa shape index (κ2) is 8.68. The third-order valence-corrected chi connectivity index (χ3v) is 5.65. The molecule has 0 bridgehead atoms. The molecular weight excluding hydrogens is 368 g/mol. The number of piperidine rings is 1. The Labute approximate surface area is 171 Å². The SMILES string of the molecule is O=C(c1ccc(Cl)cc1)C1CCN(Cc2cc(-c3ccccc3)ccn2)CC1. The third kappa shape index (κ3) is 4.49. The van der Waals surface area contributed by atoms with Crippen LogP contribution >= 0.6 is 11.6 Å². The van der Waals surface area contributed by atoms with Crippen LogP contribution < -0.4 is 0 Å². The van der Waals surface area contributed by atoms with E-state index in [9.17, 15) is 4.79 Å². The Balaban J connectivity index is 1.36. The molecule has 3 nitrogen and oxygen atoms in total. The van der Waals surface area contributed by atoms with Crippen LogP contribution in [0.5, 0.6) is 0 Å². The minimum atomic E-state index is 0.0982. The fraction of sp³-hybridized carbons (Fsp3) is 0.250. The number of ketones is 1. The van der Waals surface area contributed by atoms with Crippen molar-refractivity contribution in [3.8, 4) is 11.1 Å². The van der Waals surface area contributed by atoms with E-state index in [-0.39, 0.29) is 11.7 Å². The van der Waals surface area contributed by atoms with Gasteiger partial charge in [-0.1, -0.05) is 41.9 Å². The van der Waals surface area contributed by atoms with Gasteiger partial charge in [0, 0.05) is 29.2 Å². The number of hydrogen-bond acceptors (Lipinski definition) is 3. The van der Waals surface area contributed by atoms with Gasteiger partial charge in [-0.2, -0.15) is 0 Å². The van der Waals surface area contributed by atoms with Gasteiger partial charge < -0.3 is 0 Å². The predicted octanol–water partition coefficient (Wildman–Crippen LogP) is 5.50. The first-order valence-electron chi connectivity index (χ1n) is 9.71. The van der Waals surface area contributed by atoms with Crippen molar-refractivity contribution in [1.82, 2.24) is 9.88 Å². The molecule has 28 heavy (non-hydrogen) atoms. The second-order valence-electron chi connectivity index (χ2n) is 7.32. The lowest BCUT2D eigenvalue weighted by Gasteiger charge is -2.31. The summed E-state index contributed by atoms with van der Waals surface area (Å²) in [6, 6.07) is 21.8. The van der Waals surface area contributed by atoms with Crippen molar-refractivity contribution in [1.29, 1.82) is 0 Å². The Kier molecular flexibility index (Phi) is 5.84. The van der Waals surface area contributed by atoms with Crippen molar-refractivity contribution < 1.29 is 4.79 Å². The van der Waals surface area contributed by atoms with Gasteiger partial charge in [0.2, 0.25) is 0 Å². The molecule has 4 rings (SSSR count). The van der Waals surface area contributed by atoms with E-state index in [0.717, 1.165) is 43.7 Å². The summed E-state index contributed by atoms with van der Waals surface area (Å²) in [7, 11) is 0. The number of pyridine rings is 1. The van der Waals surface area contributed by atoms with E-state index in [1.807, 2.05) is 24.4 Å². The van der Waals surface area contributed by atoms with Crippen LogP contribution in [0.3, 0.4) is 0 Å². The lowest BCUT2D eigenvalue weighted by Crippen LogP contribution is -2.36. The van der Waals surface area contributed by atoms with Crippen molar-refractivity contribution in [2.24, 2.45) is 5.92 Å². The van der Waals surface area contributed by atoms with Crippen molar-refractivity contribution in [2.75, 3.05) is 13.1 Å². The number of carbonyl (C=O) groups excluding carboxylic acids is 1. The summed E-state index contributed by atoms with van der Waals surface area (Å²) in [4.78, 5) is 19.6. The Bertz CT molecular complexity index is 932. The van der Waals surface area contributed by atoms with Gasteiger partial charge in [0.05, 0.1) is 5.69 Å². The topological polar surface area (TPSA) is 33.2 Å². The highest BCUT2D eigenvalue weighted by atomic mass is 35.5. The van der Waals surface area contributed by atoms with Crippen LogP contribution in [0.25, 0.3) is 11.1 Å². The summed E-state index contributed by atoms with van der Waals surface area (Å²) < 4.78 is 0. The molecule has 0 aliphatic carbocycles. The minimum Gasteiger partial charge on any atom is -0.297 e. The third-order valence-electron chi connectivity index (χ3n) is 5.40. The molecule has 0 amide bonds. The van der Waals surface area contributed by atoms with E-state index in [4.69, 9.17) is 11.6 Å². The summed E-state index contributed by atoms with van der Waals surface area (Å²) in [6.45, 7) is 2.66. The van der Waals surface area contributed by atoms with Gasteiger partial charge in [-0.3, -0.25) is 14.7 Å². The van der Waals surface area contributed by atoms with Gasteiger partial charge in [-0.25, -0.2) is 0 Å². The average Bonchev–Trinajstić information content (AvgIpc) is 2.75. The van der Waals surface area contributed by atoms with E-state index in [0.29, 0.717) is 5.02 Å². The minimum absolute atomic E-state index is 0.0982. The molecule has 1 aliphatic heterocycles. The van der Waals surface area contributed by atoms with E-state index < -0.39 is 0 Å². The van der Waals surface area contributed by atoms with Crippen LogP contribution in [0.15, 0.2) is 72.9 Å². The van der Waals surface area contributed by atoms with Crippen LogP contribution in [0, 0.1) is 5.92 Å². The predicted molar refractivity (Wildman–Crippen MR) is 113 cm³/mol. The molecule has 142 valence electrons. The van der Waals surface area contributed by atoms with Crippen LogP contribution in [0.1, 0.15) is 28.9 Å². The largest absolute Gasteiger partial charge is 0.297 e. The molecular formula is C24H23ClN2O. The molecule has 2 aromatic carbocycles. The Morgan fingerprint density at radius 3 is 2.39 bits per heavy atom. The first-order valence-corrected chi connectivity index (χ1v) is 10.1. The zero-order valence-corrected chi connectivity index (χ0v) is 16.5. The van der Waals surface area contributed by atoms with Crippen LogP contribution in [-0.4, -0.2) is 28.8 Å². The maximum absolute atomic E-state index is 12.7. The number of rotatable bonds is 5. The van der Waals surface area contributed by atoms with Crippen molar-refractivity contribution in [2.45, 2.75) is 19.4 Å². The molecule has 3 aromatic rings. The number of carbonyl (C=O) groups is 1. The normalized spacial score (nSPS) is 15.5. The molecule has 1 aliphatic rings. The zero-order chi connectivity index (χ0) is 19.3. The number of aromatic nitrogens is 1. The molecule has 4 heteroatoms. The second-order valence-corrected chi connectivity index (χ2v) is 7.76. The van der Waals surface area contributed by atoms with Crippen molar-refractivity contribution >= 4 is 17.4 Å². The first-order chi connectivity index (χ1) is 13.7. The van der Waals surface area contributed by atoms with Gasteiger partial charge in [0.1, 0.15) is 0 Å². The fourth-order valence-electron chi connectivity index (χ4n) is 3.81. The zero-order valence-electron chi connectivity index (χ0n) is 15.7. The molecule has 1 saturated heterocycles. The van der Waals surface area contributed by atoms with Crippen molar-refractivity contribution in [3.05, 3.63) is 89.2 Å². The van der Waals surface area contributed by atoms with E-state index in [2.05, 4.69) is 46.3 Å². The Morgan fingerprint density at radius 1 is 0.964 bits per heavy atom. The quantitative estimate of drug-likeness (QED) is 0.539. The van der Waals surface area contributed by atoms with Crippen molar-refractivity contribution in [3.63, 3.8) is 0 Å². The molecule has 0 saturated carbocycles. The summed E-state index contributed by atoms with van der Waals surface area (Å²) in [5.41, 5.74) is 4.24. The highest BCUT2D eigenvalue weighted by Crippen LogP contribution is 2.24. The van der Waals surface area contributed by atoms with Gasteiger partial charge in [0.25, 0.3) is 0 Å². The highest BCUT2D eigenvalue weighted by molar-refractivity contribution is 6.30. The van der Waals surface area contributed by atoms with Crippen LogP contribution in [0.2, 0.25) is 5.02 Å². The van der Waals surface area contributed by atoms with Gasteiger partial charge in [-0.05, 0) is 73.5 Å². The monoisotopic (exact) mass is 390 g/mol. The van der Waals surface area contributed by atoms with Gasteiger partial charge in [0.15, 0.2) is 5.78 Å². The molecule has 1 aromatic heterocycles.